The highest BCUT2D eigenvalue weighted by Crippen LogP contribution is 2.13. The fraction of sp³-hybridized carbons (Fsp3) is 0.125. The van der Waals surface area contributed by atoms with Crippen LogP contribution >= 0.6 is 11.3 Å². The van der Waals surface area contributed by atoms with Crippen LogP contribution in [0.4, 0.5) is 5.13 Å². The average molecular weight is 253 g/mol. The fourth-order valence-corrected chi connectivity index (χ4v) is 1.69. The molecule has 0 saturated heterocycles. The predicted molar refractivity (Wildman–Crippen MR) is 60.3 cm³/mol. The molecule has 0 aliphatic heterocycles. The molecular formula is C8H7N5O3S. The number of nitrogens with one attached hydrogen (secondary N) is 3. The Labute approximate surface area is 97.7 Å². The van der Waals surface area contributed by atoms with Gasteiger partial charge in [-0.25, -0.2) is 4.79 Å². The van der Waals surface area contributed by atoms with E-state index in [1.54, 1.807) is 6.92 Å². The van der Waals surface area contributed by atoms with E-state index in [0.29, 0.717) is 10.1 Å². The Balaban J connectivity index is 2.26. The number of aromatic nitrogens is 4. The van der Waals surface area contributed by atoms with Crippen molar-refractivity contribution in [1.29, 1.82) is 0 Å². The molecule has 0 radical (unpaired) electrons. The lowest BCUT2D eigenvalue weighted by Gasteiger charge is -1.99. The second-order valence-corrected chi connectivity index (χ2v) is 4.26. The zero-order valence-electron chi connectivity index (χ0n) is 8.60. The van der Waals surface area contributed by atoms with Crippen LogP contribution in [0.15, 0.2) is 15.7 Å². The van der Waals surface area contributed by atoms with Gasteiger partial charge < -0.3 is 4.98 Å². The molecule has 0 aromatic carbocycles. The number of carbonyl (C=O) groups is 1. The molecule has 9 heteroatoms. The Morgan fingerprint density at radius 2 is 2.12 bits per heavy atom. The van der Waals surface area contributed by atoms with E-state index in [-0.39, 0.29) is 5.69 Å². The van der Waals surface area contributed by atoms with E-state index in [9.17, 15) is 14.4 Å². The highest BCUT2D eigenvalue weighted by molar-refractivity contribution is 7.15. The Kier molecular flexibility index (Phi) is 2.83. The molecule has 0 aliphatic carbocycles. The summed E-state index contributed by atoms with van der Waals surface area (Å²) in [5.74, 6) is -0.621. The number of aryl methyl sites for hydroxylation is 1. The van der Waals surface area contributed by atoms with Gasteiger partial charge in [-0.05, 0) is 6.92 Å². The number of amides is 1. The van der Waals surface area contributed by atoms with Crippen LogP contribution in [-0.4, -0.2) is 26.1 Å². The van der Waals surface area contributed by atoms with Crippen LogP contribution in [0, 0.1) is 6.92 Å². The summed E-state index contributed by atoms with van der Waals surface area (Å²) >= 11 is 1.19. The van der Waals surface area contributed by atoms with Gasteiger partial charge in [0, 0.05) is 6.07 Å². The van der Waals surface area contributed by atoms with Gasteiger partial charge in [-0.1, -0.05) is 11.3 Å². The van der Waals surface area contributed by atoms with Gasteiger partial charge in [-0.2, -0.15) is 0 Å². The molecule has 0 fully saturated rings. The minimum atomic E-state index is -0.740. The van der Waals surface area contributed by atoms with Crippen LogP contribution in [0.1, 0.15) is 15.5 Å². The summed E-state index contributed by atoms with van der Waals surface area (Å²) in [5, 5.41) is 10.8. The Bertz CT molecular complexity index is 642. The maximum Gasteiger partial charge on any atom is 0.326 e. The van der Waals surface area contributed by atoms with Crippen LogP contribution < -0.4 is 16.6 Å². The van der Waals surface area contributed by atoms with Crippen LogP contribution in [-0.2, 0) is 0 Å². The Hall–Kier alpha value is -2.29. The third-order valence-electron chi connectivity index (χ3n) is 1.75. The maximum absolute atomic E-state index is 11.6. The first-order chi connectivity index (χ1) is 8.04. The SMILES string of the molecule is Cc1nnc(NC(=O)c2cc(=O)[nH]c(=O)[nH]2)s1. The zero-order valence-corrected chi connectivity index (χ0v) is 9.42. The molecule has 0 atom stereocenters. The lowest BCUT2D eigenvalue weighted by atomic mass is 10.4. The lowest BCUT2D eigenvalue weighted by molar-refractivity contribution is 0.102. The van der Waals surface area contributed by atoms with E-state index in [4.69, 9.17) is 0 Å². The molecule has 0 bridgehead atoms. The van der Waals surface area contributed by atoms with Gasteiger partial charge >= 0.3 is 5.69 Å². The summed E-state index contributed by atoms with van der Waals surface area (Å²) in [7, 11) is 0. The van der Waals surface area contributed by atoms with Gasteiger partial charge in [-0.3, -0.25) is 19.9 Å². The van der Waals surface area contributed by atoms with Crippen molar-refractivity contribution in [1.82, 2.24) is 20.2 Å². The van der Waals surface area contributed by atoms with Crippen molar-refractivity contribution >= 4 is 22.4 Å². The van der Waals surface area contributed by atoms with Gasteiger partial charge in [0.15, 0.2) is 0 Å². The van der Waals surface area contributed by atoms with Crippen LogP contribution in [0.3, 0.4) is 0 Å². The van der Waals surface area contributed by atoms with E-state index >= 15 is 0 Å². The van der Waals surface area contributed by atoms with Crippen molar-refractivity contribution in [2.45, 2.75) is 6.92 Å². The number of H-pyrrole nitrogens is 2. The summed E-state index contributed by atoms with van der Waals surface area (Å²) in [6, 6.07) is 0.991. The molecule has 2 heterocycles. The molecule has 1 amide bonds. The highest BCUT2D eigenvalue weighted by atomic mass is 32.1. The largest absolute Gasteiger partial charge is 0.326 e. The van der Waals surface area contributed by atoms with E-state index in [1.165, 1.54) is 11.3 Å². The molecule has 0 spiro atoms. The van der Waals surface area contributed by atoms with Gasteiger partial charge in [0.1, 0.15) is 10.7 Å². The molecule has 17 heavy (non-hydrogen) atoms. The van der Waals surface area contributed by atoms with Crippen molar-refractivity contribution in [3.63, 3.8) is 0 Å². The minimum Gasteiger partial charge on any atom is -0.303 e. The van der Waals surface area contributed by atoms with Gasteiger partial charge in [0.2, 0.25) is 5.13 Å². The average Bonchev–Trinajstić information content (AvgIpc) is 2.62. The van der Waals surface area contributed by atoms with Gasteiger partial charge in [0.05, 0.1) is 0 Å². The first kappa shape index (κ1) is 11.2. The maximum atomic E-state index is 11.6. The van der Waals surface area contributed by atoms with Crippen LogP contribution in [0.2, 0.25) is 0 Å². The third kappa shape index (κ3) is 2.64. The highest BCUT2D eigenvalue weighted by Gasteiger charge is 2.10. The first-order valence-corrected chi connectivity index (χ1v) is 5.31. The van der Waals surface area contributed by atoms with Crippen molar-refractivity contribution in [3.8, 4) is 0 Å². The van der Waals surface area contributed by atoms with E-state index in [0.717, 1.165) is 6.07 Å². The van der Waals surface area contributed by atoms with E-state index in [1.807, 2.05) is 4.98 Å². The fourth-order valence-electron chi connectivity index (χ4n) is 1.10. The number of hydrogen-bond acceptors (Lipinski definition) is 6. The summed E-state index contributed by atoms with van der Waals surface area (Å²) in [5.41, 5.74) is -1.52. The normalized spacial score (nSPS) is 10.2. The number of nitrogens with zero attached hydrogens (tertiary/aromatic N) is 2. The second kappa shape index (κ2) is 4.29. The molecule has 3 N–H and O–H groups in total. The number of aromatic amines is 2. The van der Waals surface area contributed by atoms with E-state index < -0.39 is 17.2 Å². The minimum absolute atomic E-state index is 0.133. The lowest BCUT2D eigenvalue weighted by Crippen LogP contribution is -2.27. The van der Waals surface area contributed by atoms with Crippen LogP contribution in [0.25, 0.3) is 0 Å². The molecule has 88 valence electrons. The number of rotatable bonds is 2. The number of hydrogen-bond donors (Lipinski definition) is 3. The van der Waals surface area contributed by atoms with Crippen molar-refractivity contribution < 1.29 is 4.79 Å². The molecule has 2 aromatic rings. The summed E-state index contributed by atoms with van der Waals surface area (Å²) < 4.78 is 0. The number of anilines is 1. The summed E-state index contributed by atoms with van der Waals surface area (Å²) in [4.78, 5) is 37.7. The Morgan fingerprint density at radius 1 is 1.35 bits per heavy atom. The topological polar surface area (TPSA) is 121 Å². The third-order valence-corrected chi connectivity index (χ3v) is 2.51. The standard InChI is InChI=1S/C8H7N5O3S/c1-3-12-13-8(17-3)11-6(15)4-2-5(14)10-7(16)9-4/h2H,1H3,(H,11,13,15)(H2,9,10,14,16). The molecule has 0 unspecified atom stereocenters. The monoisotopic (exact) mass is 253 g/mol. The van der Waals surface area contributed by atoms with Crippen LogP contribution in [0.5, 0.6) is 0 Å². The van der Waals surface area contributed by atoms with Crippen molar-refractivity contribution in [3.05, 3.63) is 37.6 Å². The Morgan fingerprint density at radius 3 is 2.71 bits per heavy atom. The predicted octanol–water partition coefficient (Wildman–Crippen LogP) is -0.525. The molecule has 8 nitrogen and oxygen atoms in total. The first-order valence-electron chi connectivity index (χ1n) is 4.50. The zero-order chi connectivity index (χ0) is 12.4. The summed E-state index contributed by atoms with van der Waals surface area (Å²) in [6.07, 6.45) is 0. The molecule has 2 aromatic heterocycles. The number of carbonyl (C=O) groups excluding carboxylic acids is 1. The van der Waals surface area contributed by atoms with Gasteiger partial charge in [-0.15, -0.1) is 10.2 Å². The molecule has 2 rings (SSSR count). The molecular weight excluding hydrogens is 246 g/mol. The quantitative estimate of drug-likeness (QED) is 0.664. The van der Waals surface area contributed by atoms with Crippen molar-refractivity contribution in [2.75, 3.05) is 5.32 Å². The van der Waals surface area contributed by atoms with E-state index in [2.05, 4.69) is 20.5 Å². The second-order valence-electron chi connectivity index (χ2n) is 3.08. The summed E-state index contributed by atoms with van der Waals surface area (Å²) in [6.45, 7) is 1.74. The smallest absolute Gasteiger partial charge is 0.303 e. The molecule has 0 aliphatic rings. The molecule has 0 saturated carbocycles. The van der Waals surface area contributed by atoms with Gasteiger partial charge in [0.25, 0.3) is 11.5 Å². The van der Waals surface area contributed by atoms with Crippen molar-refractivity contribution in [2.24, 2.45) is 0 Å².